The van der Waals surface area contributed by atoms with Gasteiger partial charge in [0.15, 0.2) is 6.10 Å². The number of ether oxygens (including phenoxy) is 4. The Labute approximate surface area is 243 Å². The quantitative estimate of drug-likeness (QED) is 0.230. The predicted octanol–water partition coefficient (Wildman–Crippen LogP) is 6.18. The van der Waals surface area contributed by atoms with Crippen LogP contribution in [0.15, 0.2) is 54.6 Å². The van der Waals surface area contributed by atoms with Crippen molar-refractivity contribution < 1.29 is 33.3 Å². The molecule has 0 saturated carbocycles. The van der Waals surface area contributed by atoms with Gasteiger partial charge >= 0.3 is 17.9 Å². The Balaban J connectivity index is 1.67. The van der Waals surface area contributed by atoms with Crippen molar-refractivity contribution in [2.75, 3.05) is 6.26 Å². The van der Waals surface area contributed by atoms with Gasteiger partial charge in [0.05, 0.1) is 5.25 Å². The number of carbonyl (C=O) groups is 3. The van der Waals surface area contributed by atoms with Crippen molar-refractivity contribution in [2.24, 2.45) is 0 Å². The molecular weight excluding hydrogens is 548 g/mol. The Kier molecular flexibility index (Phi) is 9.71. The van der Waals surface area contributed by atoms with E-state index in [0.717, 1.165) is 23.1 Å². The molecule has 0 amide bonds. The van der Waals surface area contributed by atoms with Gasteiger partial charge in [-0.1, -0.05) is 42.5 Å². The third-order valence-electron chi connectivity index (χ3n) is 6.79. The number of rotatable bonds is 8. The fraction of sp³-hybridized carbons (Fsp3) is 0.387. The molecule has 9 heteroatoms. The molecule has 0 radical (unpaired) electrons. The number of thiophene rings is 1. The van der Waals surface area contributed by atoms with Gasteiger partial charge in [-0.2, -0.15) is 11.8 Å². The first-order valence-corrected chi connectivity index (χ1v) is 15.1. The highest BCUT2D eigenvalue weighted by Gasteiger charge is 2.51. The Morgan fingerprint density at radius 3 is 2.17 bits per heavy atom. The number of thioether (sulfide) groups is 1. The van der Waals surface area contributed by atoms with E-state index in [2.05, 4.69) is 50.2 Å². The first-order chi connectivity index (χ1) is 19.1. The van der Waals surface area contributed by atoms with E-state index in [4.69, 9.17) is 18.9 Å². The summed E-state index contributed by atoms with van der Waals surface area (Å²) >= 11 is 3.21. The van der Waals surface area contributed by atoms with Crippen LogP contribution in [0.25, 0.3) is 10.4 Å². The second-order valence-corrected chi connectivity index (χ2v) is 12.0. The van der Waals surface area contributed by atoms with Crippen molar-refractivity contribution >= 4 is 41.0 Å². The smallest absolute Gasteiger partial charge is 0.305 e. The van der Waals surface area contributed by atoms with E-state index in [-0.39, 0.29) is 0 Å². The maximum atomic E-state index is 12.1. The highest BCUT2D eigenvalue weighted by Crippen LogP contribution is 2.42. The van der Waals surface area contributed by atoms with Crippen LogP contribution in [-0.2, 0) is 39.8 Å². The molecule has 0 N–H and O–H groups in total. The molecule has 5 atom stereocenters. The maximum Gasteiger partial charge on any atom is 0.305 e. The van der Waals surface area contributed by atoms with E-state index in [1.54, 1.807) is 11.3 Å². The van der Waals surface area contributed by atoms with Crippen molar-refractivity contribution in [2.45, 2.75) is 70.9 Å². The minimum atomic E-state index is -1.24. The van der Waals surface area contributed by atoms with Gasteiger partial charge in [0.1, 0.15) is 6.10 Å². The van der Waals surface area contributed by atoms with Crippen molar-refractivity contribution in [3.8, 4) is 10.4 Å². The van der Waals surface area contributed by atoms with Crippen LogP contribution in [0, 0.1) is 13.8 Å². The molecule has 1 unspecified atom stereocenters. The summed E-state index contributed by atoms with van der Waals surface area (Å²) in [5, 5.41) is -0.426. The van der Waals surface area contributed by atoms with Crippen LogP contribution in [0.1, 0.15) is 54.0 Å². The minimum absolute atomic E-state index is 0.426. The topological polar surface area (TPSA) is 88.1 Å². The van der Waals surface area contributed by atoms with E-state index < -0.39 is 47.8 Å². The second-order valence-electron chi connectivity index (χ2n) is 9.83. The first kappa shape index (κ1) is 29.8. The summed E-state index contributed by atoms with van der Waals surface area (Å²) < 4.78 is 22.9. The van der Waals surface area contributed by atoms with Crippen LogP contribution in [0.3, 0.4) is 0 Å². The number of esters is 3. The van der Waals surface area contributed by atoms with Crippen molar-refractivity contribution in [3.63, 3.8) is 0 Å². The summed E-state index contributed by atoms with van der Waals surface area (Å²) in [7, 11) is 0. The second kappa shape index (κ2) is 13.0. The molecule has 3 aromatic rings. The molecule has 0 spiro atoms. The lowest BCUT2D eigenvalue weighted by Gasteiger charge is -2.44. The third-order valence-corrected chi connectivity index (χ3v) is 8.97. The van der Waals surface area contributed by atoms with Gasteiger partial charge < -0.3 is 18.9 Å². The zero-order valence-electron chi connectivity index (χ0n) is 23.5. The van der Waals surface area contributed by atoms with Gasteiger partial charge in [0, 0.05) is 36.9 Å². The molecule has 40 heavy (non-hydrogen) atoms. The molecule has 1 aliphatic heterocycles. The van der Waals surface area contributed by atoms with Crippen molar-refractivity contribution in [3.05, 3.63) is 81.7 Å². The fourth-order valence-corrected chi connectivity index (χ4v) is 7.02. The van der Waals surface area contributed by atoms with Crippen LogP contribution < -0.4 is 0 Å². The molecule has 2 aromatic carbocycles. The molecule has 1 fully saturated rings. The summed E-state index contributed by atoms with van der Waals surface area (Å²) in [4.78, 5) is 38.4. The highest BCUT2D eigenvalue weighted by molar-refractivity contribution is 7.99. The maximum absolute atomic E-state index is 12.1. The van der Waals surface area contributed by atoms with Crippen molar-refractivity contribution in [1.82, 2.24) is 0 Å². The van der Waals surface area contributed by atoms with Crippen LogP contribution >= 0.6 is 23.1 Å². The standard InChI is InChI=1S/C31H34O7S2/c1-17-11-12-22(15-23(17)16-24-13-14-26(40-24)25-10-8-7-9-18(25)2)27-30(39-6)28(35-19(3)32)29(36-20(4)33)31(38-27)37-21(5)34/h7-15,27-31H,16H2,1-6H3/t27?,28-,29-,30-,31-/m0/s1. The lowest BCUT2D eigenvalue weighted by Crippen LogP contribution is -2.57. The number of hydrogen-bond donors (Lipinski definition) is 0. The minimum Gasteiger partial charge on any atom is -0.457 e. The van der Waals surface area contributed by atoms with Gasteiger partial charge in [-0.3, -0.25) is 14.4 Å². The highest BCUT2D eigenvalue weighted by atomic mass is 32.2. The number of hydrogen-bond acceptors (Lipinski definition) is 9. The van der Waals surface area contributed by atoms with Crippen LogP contribution in [-0.4, -0.2) is 47.9 Å². The van der Waals surface area contributed by atoms with Gasteiger partial charge in [0.25, 0.3) is 0 Å². The number of aryl methyl sites for hydroxylation is 2. The van der Waals surface area contributed by atoms with Gasteiger partial charge in [-0.15, -0.1) is 11.3 Å². The molecule has 1 aromatic heterocycles. The normalized spacial score (nSPS) is 22.4. The summed E-state index contributed by atoms with van der Waals surface area (Å²) in [6, 6.07) is 18.8. The molecule has 0 aliphatic carbocycles. The summed E-state index contributed by atoms with van der Waals surface area (Å²) in [6.07, 6.45) is -1.21. The molecule has 1 saturated heterocycles. The molecule has 4 rings (SSSR count). The largest absolute Gasteiger partial charge is 0.457 e. The Morgan fingerprint density at radius 1 is 0.850 bits per heavy atom. The average Bonchev–Trinajstić information content (AvgIpc) is 3.35. The van der Waals surface area contributed by atoms with Gasteiger partial charge in [0.2, 0.25) is 12.4 Å². The van der Waals surface area contributed by atoms with E-state index in [0.29, 0.717) is 0 Å². The Bertz CT molecular complexity index is 1380. The van der Waals surface area contributed by atoms with E-state index in [1.165, 1.54) is 53.4 Å². The lowest BCUT2D eigenvalue weighted by atomic mass is 9.92. The van der Waals surface area contributed by atoms with Gasteiger partial charge in [-0.25, -0.2) is 0 Å². The van der Waals surface area contributed by atoms with E-state index in [1.807, 2.05) is 24.5 Å². The summed E-state index contributed by atoms with van der Waals surface area (Å²) in [5.74, 6) is -1.73. The molecule has 2 heterocycles. The van der Waals surface area contributed by atoms with Crippen LogP contribution in [0.4, 0.5) is 0 Å². The molecule has 7 nitrogen and oxygen atoms in total. The Morgan fingerprint density at radius 2 is 1.52 bits per heavy atom. The fourth-order valence-electron chi connectivity index (χ4n) is 4.95. The molecule has 0 bridgehead atoms. The first-order valence-electron chi connectivity index (χ1n) is 13.0. The van der Waals surface area contributed by atoms with Crippen LogP contribution in [0.2, 0.25) is 0 Å². The summed E-state index contributed by atoms with van der Waals surface area (Å²) in [6.45, 7) is 7.98. The summed E-state index contributed by atoms with van der Waals surface area (Å²) in [5.41, 5.74) is 5.60. The third kappa shape index (κ3) is 6.95. The van der Waals surface area contributed by atoms with E-state index in [9.17, 15) is 14.4 Å². The monoisotopic (exact) mass is 582 g/mol. The predicted molar refractivity (Wildman–Crippen MR) is 156 cm³/mol. The van der Waals surface area contributed by atoms with E-state index >= 15 is 0 Å². The molecular formula is C31H34O7S2. The van der Waals surface area contributed by atoms with Crippen molar-refractivity contribution in [1.29, 1.82) is 0 Å². The zero-order valence-corrected chi connectivity index (χ0v) is 25.1. The lowest BCUT2D eigenvalue weighted by molar-refractivity contribution is -0.266. The molecule has 212 valence electrons. The number of benzene rings is 2. The average molecular weight is 583 g/mol. The molecule has 1 aliphatic rings. The SMILES string of the molecule is CS[C@H]1C(c2ccc(C)c(Cc3ccc(-c4ccccc4C)s3)c2)O[C@H](OC(C)=O)[C@@H](OC(C)=O)[C@@H]1OC(C)=O. The zero-order chi connectivity index (χ0) is 29.0. The van der Waals surface area contributed by atoms with Gasteiger partial charge in [-0.05, 0) is 60.1 Å². The Hall–Kier alpha value is -3.14. The number of carbonyl (C=O) groups excluding carboxylic acids is 3. The van der Waals surface area contributed by atoms with Crippen LogP contribution in [0.5, 0.6) is 0 Å².